The van der Waals surface area contributed by atoms with Gasteiger partial charge in [-0.3, -0.25) is 9.69 Å². The minimum atomic E-state index is -1.14. The smallest absolute Gasteiger partial charge is 0.322 e. The standard InChI is InChI=1S/C20H17F4N3O2/c1-3-27-10(2)17(19(28)25-12-5-7-14(22)16(24)9-12)18(26-20(27)29)11-4-6-13(21)15(23)8-11/h4-9,18H,3H2,1-2H3,(H,25,28)(H,26,29)/t18-/m1/s1. The molecule has 0 bridgehead atoms. The fourth-order valence-corrected chi connectivity index (χ4v) is 3.17. The van der Waals surface area contributed by atoms with Gasteiger partial charge in [0.2, 0.25) is 0 Å². The lowest BCUT2D eigenvalue weighted by molar-refractivity contribution is -0.113. The van der Waals surface area contributed by atoms with Crippen molar-refractivity contribution in [3.63, 3.8) is 0 Å². The SMILES string of the molecule is CCN1C(=O)N[C@H](c2ccc(F)c(F)c2)C(C(=O)Nc2ccc(F)c(F)c2)=C1C. The molecule has 2 aromatic carbocycles. The van der Waals surface area contributed by atoms with Crippen molar-refractivity contribution in [3.8, 4) is 0 Å². The summed E-state index contributed by atoms with van der Waals surface area (Å²) in [7, 11) is 0. The summed E-state index contributed by atoms with van der Waals surface area (Å²) in [5.74, 6) is -5.12. The highest BCUT2D eigenvalue weighted by Crippen LogP contribution is 2.32. The van der Waals surface area contributed by atoms with Crippen LogP contribution in [0.4, 0.5) is 28.0 Å². The summed E-state index contributed by atoms with van der Waals surface area (Å²) < 4.78 is 53.6. The molecule has 3 rings (SSSR count). The van der Waals surface area contributed by atoms with Crippen LogP contribution in [0.1, 0.15) is 25.5 Å². The lowest BCUT2D eigenvalue weighted by Crippen LogP contribution is -2.48. The van der Waals surface area contributed by atoms with Gasteiger partial charge in [0.25, 0.3) is 5.91 Å². The molecule has 9 heteroatoms. The molecule has 0 unspecified atom stereocenters. The molecule has 0 saturated heterocycles. The molecular weight excluding hydrogens is 390 g/mol. The maximum absolute atomic E-state index is 13.7. The number of hydrogen-bond donors (Lipinski definition) is 2. The van der Waals surface area contributed by atoms with Crippen LogP contribution in [0, 0.1) is 23.3 Å². The van der Waals surface area contributed by atoms with Crippen LogP contribution in [0.15, 0.2) is 47.7 Å². The number of nitrogens with one attached hydrogen (secondary N) is 2. The lowest BCUT2D eigenvalue weighted by Gasteiger charge is -2.35. The van der Waals surface area contributed by atoms with E-state index >= 15 is 0 Å². The number of amides is 3. The molecule has 0 radical (unpaired) electrons. The van der Waals surface area contributed by atoms with Crippen molar-refractivity contribution >= 4 is 17.6 Å². The largest absolute Gasteiger partial charge is 0.326 e. The molecule has 1 aliphatic rings. The molecule has 0 aliphatic carbocycles. The maximum Gasteiger partial charge on any atom is 0.322 e. The molecule has 1 atom stereocenters. The molecule has 1 aliphatic heterocycles. The summed E-state index contributed by atoms with van der Waals surface area (Å²) in [5, 5.41) is 5.04. The first kappa shape index (κ1) is 20.4. The Morgan fingerprint density at radius 1 is 1.03 bits per heavy atom. The van der Waals surface area contributed by atoms with Crippen molar-refractivity contribution < 1.29 is 27.2 Å². The molecular formula is C20H17F4N3O2. The predicted molar refractivity (Wildman–Crippen MR) is 97.7 cm³/mol. The average molecular weight is 407 g/mol. The Labute approximate surface area is 164 Å². The summed E-state index contributed by atoms with van der Waals surface area (Å²) in [6.07, 6.45) is 0. The van der Waals surface area contributed by atoms with Crippen molar-refractivity contribution in [2.45, 2.75) is 19.9 Å². The first-order chi connectivity index (χ1) is 13.7. The van der Waals surface area contributed by atoms with E-state index < -0.39 is 41.2 Å². The van der Waals surface area contributed by atoms with E-state index in [4.69, 9.17) is 0 Å². The number of nitrogens with zero attached hydrogens (tertiary/aromatic N) is 1. The van der Waals surface area contributed by atoms with Crippen molar-refractivity contribution in [2.24, 2.45) is 0 Å². The van der Waals surface area contributed by atoms with Crippen LogP contribution in [0.25, 0.3) is 0 Å². The van der Waals surface area contributed by atoms with Crippen LogP contribution < -0.4 is 10.6 Å². The quantitative estimate of drug-likeness (QED) is 0.745. The van der Waals surface area contributed by atoms with Gasteiger partial charge in [-0.1, -0.05) is 6.07 Å². The van der Waals surface area contributed by atoms with Crippen LogP contribution in [0.2, 0.25) is 0 Å². The number of carbonyl (C=O) groups excluding carboxylic acids is 2. The number of halogens is 4. The highest BCUT2D eigenvalue weighted by molar-refractivity contribution is 6.06. The summed E-state index contributed by atoms with van der Waals surface area (Å²) in [6.45, 7) is 3.49. The zero-order chi connectivity index (χ0) is 21.3. The van der Waals surface area contributed by atoms with Crippen molar-refractivity contribution in [3.05, 3.63) is 76.5 Å². The monoisotopic (exact) mass is 407 g/mol. The molecule has 0 saturated carbocycles. The zero-order valence-electron chi connectivity index (χ0n) is 15.5. The van der Waals surface area contributed by atoms with Crippen LogP contribution in [0.3, 0.4) is 0 Å². The Bertz CT molecular complexity index is 1020. The van der Waals surface area contributed by atoms with E-state index in [1.807, 2.05) is 0 Å². The van der Waals surface area contributed by atoms with Crippen LogP contribution in [-0.4, -0.2) is 23.4 Å². The van der Waals surface area contributed by atoms with Gasteiger partial charge < -0.3 is 10.6 Å². The number of benzene rings is 2. The third-order valence-corrected chi connectivity index (χ3v) is 4.61. The molecule has 1 heterocycles. The Hall–Kier alpha value is -3.36. The molecule has 2 aromatic rings. The van der Waals surface area contributed by atoms with E-state index in [9.17, 15) is 27.2 Å². The molecule has 29 heavy (non-hydrogen) atoms. The Morgan fingerprint density at radius 3 is 2.24 bits per heavy atom. The van der Waals surface area contributed by atoms with E-state index in [1.54, 1.807) is 6.92 Å². The highest BCUT2D eigenvalue weighted by Gasteiger charge is 2.35. The topological polar surface area (TPSA) is 61.4 Å². The number of anilines is 1. The number of allylic oxidation sites excluding steroid dienone is 1. The average Bonchev–Trinajstić information content (AvgIpc) is 2.66. The normalized spacial score (nSPS) is 16.7. The van der Waals surface area contributed by atoms with Gasteiger partial charge >= 0.3 is 6.03 Å². The minimum absolute atomic E-state index is 0.00168. The highest BCUT2D eigenvalue weighted by atomic mass is 19.2. The lowest BCUT2D eigenvalue weighted by atomic mass is 9.94. The van der Waals surface area contributed by atoms with Crippen LogP contribution in [0.5, 0.6) is 0 Å². The summed E-state index contributed by atoms with van der Waals surface area (Å²) in [5.41, 5.74) is 0.509. The van der Waals surface area contributed by atoms with Crippen molar-refractivity contribution in [1.29, 1.82) is 0 Å². The second-order valence-electron chi connectivity index (χ2n) is 6.38. The Kier molecular flexibility index (Phi) is 5.58. The number of rotatable bonds is 4. The van der Waals surface area contributed by atoms with Gasteiger partial charge in [0, 0.05) is 24.0 Å². The third kappa shape index (κ3) is 3.94. The van der Waals surface area contributed by atoms with Gasteiger partial charge in [0.05, 0.1) is 11.6 Å². The van der Waals surface area contributed by atoms with Crippen LogP contribution >= 0.6 is 0 Å². The molecule has 3 amide bonds. The van der Waals surface area contributed by atoms with Crippen molar-refractivity contribution in [1.82, 2.24) is 10.2 Å². The van der Waals surface area contributed by atoms with E-state index in [-0.39, 0.29) is 23.4 Å². The maximum atomic E-state index is 13.7. The van der Waals surface area contributed by atoms with Gasteiger partial charge in [-0.15, -0.1) is 0 Å². The third-order valence-electron chi connectivity index (χ3n) is 4.61. The fourth-order valence-electron chi connectivity index (χ4n) is 3.17. The Morgan fingerprint density at radius 2 is 1.66 bits per heavy atom. The number of hydrogen-bond acceptors (Lipinski definition) is 2. The van der Waals surface area contributed by atoms with Gasteiger partial charge in [-0.2, -0.15) is 0 Å². The summed E-state index contributed by atoms with van der Waals surface area (Å²) in [4.78, 5) is 26.6. The predicted octanol–water partition coefficient (Wildman–Crippen LogP) is 4.24. The van der Waals surface area contributed by atoms with Gasteiger partial charge in [0.15, 0.2) is 23.3 Å². The second kappa shape index (κ2) is 7.94. The van der Waals surface area contributed by atoms with Gasteiger partial charge in [-0.05, 0) is 43.7 Å². The van der Waals surface area contributed by atoms with E-state index in [2.05, 4.69) is 10.6 Å². The summed E-state index contributed by atoms with van der Waals surface area (Å²) in [6, 6.07) is 4.31. The molecule has 0 fully saturated rings. The fraction of sp³-hybridized carbons (Fsp3) is 0.200. The number of urea groups is 1. The van der Waals surface area contributed by atoms with Crippen LogP contribution in [-0.2, 0) is 4.79 Å². The first-order valence-electron chi connectivity index (χ1n) is 8.73. The zero-order valence-corrected chi connectivity index (χ0v) is 15.5. The molecule has 2 N–H and O–H groups in total. The molecule has 5 nitrogen and oxygen atoms in total. The van der Waals surface area contributed by atoms with E-state index in [0.717, 1.165) is 24.3 Å². The minimum Gasteiger partial charge on any atom is -0.326 e. The van der Waals surface area contributed by atoms with Gasteiger partial charge in [-0.25, -0.2) is 22.4 Å². The molecule has 0 aromatic heterocycles. The van der Waals surface area contributed by atoms with E-state index in [1.165, 1.54) is 24.0 Å². The number of carbonyl (C=O) groups is 2. The Balaban J connectivity index is 2.04. The first-order valence-corrected chi connectivity index (χ1v) is 8.73. The van der Waals surface area contributed by atoms with Gasteiger partial charge in [0.1, 0.15) is 0 Å². The molecule has 152 valence electrons. The molecule has 0 spiro atoms. The van der Waals surface area contributed by atoms with Crippen molar-refractivity contribution in [2.75, 3.05) is 11.9 Å². The second-order valence-corrected chi connectivity index (χ2v) is 6.38. The summed E-state index contributed by atoms with van der Waals surface area (Å²) >= 11 is 0. The van der Waals surface area contributed by atoms with E-state index in [0.29, 0.717) is 5.70 Å².